The van der Waals surface area contributed by atoms with Crippen LogP contribution in [0, 0.1) is 32.1 Å². The molecule has 0 radical (unpaired) electrons. The monoisotopic (exact) mass is 578 g/mol. The van der Waals surface area contributed by atoms with Gasteiger partial charge in [-0.3, -0.25) is 30.2 Å². The summed E-state index contributed by atoms with van der Waals surface area (Å²) < 4.78 is 0. The molecule has 0 saturated heterocycles. The maximum atomic E-state index is 12.1. The van der Waals surface area contributed by atoms with Crippen LogP contribution in [0.4, 0.5) is 11.4 Å². The highest BCUT2D eigenvalue weighted by Crippen LogP contribution is 2.52. The van der Waals surface area contributed by atoms with Gasteiger partial charge in [-0.15, -0.1) is 0 Å². The summed E-state index contributed by atoms with van der Waals surface area (Å²) in [5.74, 6) is 0.177. The molecule has 0 fully saturated rings. The van der Waals surface area contributed by atoms with Crippen molar-refractivity contribution in [3.8, 4) is 5.75 Å². The minimum absolute atomic E-state index is 0.0198. The number of nitrogens with zero attached hydrogens (tertiary/aromatic N) is 4. The quantitative estimate of drug-likeness (QED) is 0.192. The molecule has 1 N–H and O–H groups in total. The minimum atomic E-state index is -0.851. The topological polar surface area (TPSA) is 131 Å². The Morgan fingerprint density at radius 3 is 1.40 bits per heavy atom. The summed E-state index contributed by atoms with van der Waals surface area (Å²) in [6.45, 7) is 8.37. The van der Waals surface area contributed by atoms with Crippen molar-refractivity contribution < 1.29 is 15.0 Å². The molecule has 2 aliphatic heterocycles. The predicted molar refractivity (Wildman–Crippen MR) is 170 cm³/mol. The van der Waals surface area contributed by atoms with Gasteiger partial charge in [-0.2, -0.15) is 0 Å². The molecule has 2 heterocycles. The van der Waals surface area contributed by atoms with Crippen LogP contribution >= 0.6 is 0 Å². The molecule has 5 rings (SSSR count). The Hall–Kier alpha value is -4.92. The fourth-order valence-corrected chi connectivity index (χ4v) is 6.02. The molecule has 4 unspecified atom stereocenters. The van der Waals surface area contributed by atoms with Gasteiger partial charge in [0.25, 0.3) is 11.4 Å². The molecule has 2 aliphatic rings. The number of nitro groups is 2. The Morgan fingerprint density at radius 1 is 0.698 bits per heavy atom. The molecule has 0 amide bonds. The van der Waals surface area contributed by atoms with E-state index in [9.17, 15) is 25.3 Å². The summed E-state index contributed by atoms with van der Waals surface area (Å²) in [4.78, 5) is 31.5. The number of rotatable bonds is 10. The van der Waals surface area contributed by atoms with Crippen LogP contribution in [-0.4, -0.2) is 27.4 Å². The average molecular weight is 579 g/mol. The van der Waals surface area contributed by atoms with Gasteiger partial charge in [-0.1, -0.05) is 58.7 Å². The Kier molecular flexibility index (Phi) is 7.84. The van der Waals surface area contributed by atoms with E-state index in [1.807, 2.05) is 30.4 Å². The third-order valence-corrected chi connectivity index (χ3v) is 9.03. The molecule has 0 bridgehead atoms. The molecular weight excluding hydrogens is 544 g/mol. The molecule has 0 spiro atoms. The Labute approximate surface area is 250 Å². The highest BCUT2D eigenvalue weighted by molar-refractivity contribution is 6.13. The largest absolute Gasteiger partial charge is 0.507 e. The lowest BCUT2D eigenvalue weighted by atomic mass is 9.72. The summed E-state index contributed by atoms with van der Waals surface area (Å²) >= 11 is 0. The van der Waals surface area contributed by atoms with Crippen molar-refractivity contribution >= 4 is 35.0 Å². The van der Waals surface area contributed by atoms with E-state index in [4.69, 9.17) is 9.98 Å². The van der Waals surface area contributed by atoms with Gasteiger partial charge in [0, 0.05) is 47.8 Å². The van der Waals surface area contributed by atoms with Gasteiger partial charge >= 0.3 is 0 Å². The SMILES string of the molecule is CCC(C)C1(c2cccc(C3(C(C)CC)C=C(c4ccc([N+](=O)[O-])cc4)C=N3)c2O)C=C(c2ccc([N+](=O)[O-])cc2)C=N1. The van der Waals surface area contributed by atoms with Crippen LogP contribution in [0.5, 0.6) is 5.75 Å². The van der Waals surface area contributed by atoms with Gasteiger partial charge in [0.2, 0.25) is 0 Å². The van der Waals surface area contributed by atoms with Crippen LogP contribution in [-0.2, 0) is 11.1 Å². The molecule has 0 aromatic heterocycles. The second-order valence-corrected chi connectivity index (χ2v) is 11.3. The highest BCUT2D eigenvalue weighted by Gasteiger charge is 2.44. The van der Waals surface area contributed by atoms with E-state index < -0.39 is 20.9 Å². The van der Waals surface area contributed by atoms with Gasteiger partial charge in [-0.05, 0) is 70.5 Å². The Balaban J connectivity index is 1.62. The lowest BCUT2D eigenvalue weighted by Crippen LogP contribution is -2.31. The van der Waals surface area contributed by atoms with Crippen LogP contribution in [0.25, 0.3) is 11.1 Å². The molecule has 3 aromatic rings. The van der Waals surface area contributed by atoms with Crippen LogP contribution in [0.15, 0.2) is 88.9 Å². The first-order valence-electron chi connectivity index (χ1n) is 14.4. The standard InChI is InChI=1S/C34H34N4O5/c1-5-22(3)33(18-26(20-35-33)24-10-14-28(15-11-24)37(40)41)30-8-7-9-31(32(30)39)34(23(4)6-2)19-27(21-36-34)25-12-16-29(17-13-25)38(42)43/h7-23,39H,5-6H2,1-4H3. The average Bonchev–Trinajstić information content (AvgIpc) is 3.68. The zero-order valence-electron chi connectivity index (χ0n) is 24.6. The smallest absolute Gasteiger partial charge is 0.269 e. The number of nitro benzene ring substituents is 2. The van der Waals surface area contributed by atoms with E-state index in [1.165, 1.54) is 24.3 Å². The lowest BCUT2D eigenvalue weighted by Gasteiger charge is -2.36. The van der Waals surface area contributed by atoms with Crippen molar-refractivity contribution in [1.82, 2.24) is 0 Å². The van der Waals surface area contributed by atoms with Gasteiger partial charge in [0.05, 0.1) is 9.85 Å². The molecule has 3 aromatic carbocycles. The zero-order chi connectivity index (χ0) is 30.9. The first kappa shape index (κ1) is 29.6. The lowest BCUT2D eigenvalue weighted by molar-refractivity contribution is -0.385. The van der Waals surface area contributed by atoms with Gasteiger partial charge < -0.3 is 5.11 Å². The summed E-state index contributed by atoms with van der Waals surface area (Å²) in [6.07, 6.45) is 9.25. The Bertz CT molecular complexity index is 1570. The fraction of sp³-hybridized carbons (Fsp3) is 0.294. The summed E-state index contributed by atoms with van der Waals surface area (Å²) in [7, 11) is 0. The minimum Gasteiger partial charge on any atom is -0.507 e. The van der Waals surface area contributed by atoms with E-state index in [0.29, 0.717) is 11.1 Å². The van der Waals surface area contributed by atoms with Crippen LogP contribution in [0.1, 0.15) is 62.8 Å². The van der Waals surface area contributed by atoms with Gasteiger partial charge in [-0.25, -0.2) is 0 Å². The molecule has 9 heteroatoms. The third-order valence-electron chi connectivity index (χ3n) is 9.03. The summed E-state index contributed by atoms with van der Waals surface area (Å²) in [5.41, 5.74) is 2.95. The van der Waals surface area contributed by atoms with Crippen molar-refractivity contribution in [1.29, 1.82) is 0 Å². The zero-order valence-corrected chi connectivity index (χ0v) is 24.6. The number of non-ortho nitro benzene ring substituents is 2. The fourth-order valence-electron chi connectivity index (χ4n) is 6.02. The van der Waals surface area contributed by atoms with Crippen LogP contribution < -0.4 is 0 Å². The van der Waals surface area contributed by atoms with Crippen molar-refractivity contribution in [2.24, 2.45) is 21.8 Å². The number of phenolic OH excluding ortho intramolecular Hbond substituents is 1. The van der Waals surface area contributed by atoms with Gasteiger partial charge in [0.15, 0.2) is 0 Å². The molecule has 0 aliphatic carbocycles. The molecule has 4 atom stereocenters. The van der Waals surface area contributed by atoms with E-state index in [1.54, 1.807) is 36.7 Å². The predicted octanol–water partition coefficient (Wildman–Crippen LogP) is 8.03. The maximum Gasteiger partial charge on any atom is 0.269 e. The molecule has 43 heavy (non-hydrogen) atoms. The van der Waals surface area contributed by atoms with Gasteiger partial charge in [0.1, 0.15) is 16.8 Å². The van der Waals surface area contributed by atoms with E-state index in [-0.39, 0.29) is 29.0 Å². The highest BCUT2D eigenvalue weighted by atomic mass is 16.6. The summed E-state index contributed by atoms with van der Waals surface area (Å²) in [6, 6.07) is 18.5. The van der Waals surface area contributed by atoms with Crippen molar-refractivity contribution in [3.63, 3.8) is 0 Å². The summed E-state index contributed by atoms with van der Waals surface area (Å²) in [5, 5.41) is 34.4. The molecule has 0 saturated carbocycles. The second kappa shape index (κ2) is 11.4. The van der Waals surface area contributed by atoms with E-state index >= 15 is 0 Å². The number of benzene rings is 3. The number of hydrogen-bond acceptors (Lipinski definition) is 7. The van der Waals surface area contributed by atoms with Crippen LogP contribution in [0.2, 0.25) is 0 Å². The van der Waals surface area contributed by atoms with Crippen molar-refractivity contribution in [3.05, 3.63) is 121 Å². The van der Waals surface area contributed by atoms with E-state index in [0.717, 1.165) is 35.1 Å². The second-order valence-electron chi connectivity index (χ2n) is 11.3. The normalized spacial score (nSPS) is 22.2. The molecule has 220 valence electrons. The molecular formula is C34H34N4O5. The first-order chi connectivity index (χ1) is 20.6. The van der Waals surface area contributed by atoms with Crippen molar-refractivity contribution in [2.75, 3.05) is 0 Å². The number of aromatic hydroxyl groups is 1. The maximum absolute atomic E-state index is 12.1. The van der Waals surface area contributed by atoms with Crippen LogP contribution in [0.3, 0.4) is 0 Å². The Morgan fingerprint density at radius 2 is 1.07 bits per heavy atom. The van der Waals surface area contributed by atoms with Crippen molar-refractivity contribution in [2.45, 2.75) is 51.6 Å². The third kappa shape index (κ3) is 5.05. The molecule has 9 nitrogen and oxygen atoms in total. The number of allylic oxidation sites excluding steroid dienone is 2. The number of para-hydroxylation sites is 1. The van der Waals surface area contributed by atoms with E-state index in [2.05, 4.69) is 27.7 Å². The number of hydrogen-bond donors (Lipinski definition) is 1. The number of aliphatic imine (C=N–C) groups is 2. The number of phenols is 1. The first-order valence-corrected chi connectivity index (χ1v) is 14.4.